The standard InChI is InChI=1S/C17H15BrN2O3/c1-11-3-5-13(6-4-11)17(22)23-16-8-7-15(18)9-14(16)10-19-20-12(2)21/h3-10H,1-2H3,(H,20,21)/b19-10-. The van der Waals surface area contributed by atoms with E-state index >= 15 is 0 Å². The zero-order chi connectivity index (χ0) is 16.8. The number of halogens is 1. The summed E-state index contributed by atoms with van der Waals surface area (Å²) in [5, 5.41) is 3.80. The first kappa shape index (κ1) is 16.9. The fourth-order valence-electron chi connectivity index (χ4n) is 1.75. The Hall–Kier alpha value is -2.47. The number of nitrogens with zero attached hydrogens (tertiary/aromatic N) is 1. The summed E-state index contributed by atoms with van der Waals surface area (Å²) in [5.74, 6) is -0.385. The predicted octanol–water partition coefficient (Wildman–Crippen LogP) is 3.45. The average Bonchev–Trinajstić information content (AvgIpc) is 2.50. The lowest BCUT2D eigenvalue weighted by Crippen LogP contribution is -2.13. The Kier molecular flexibility index (Phi) is 5.65. The summed E-state index contributed by atoms with van der Waals surface area (Å²) in [6, 6.07) is 12.3. The fourth-order valence-corrected chi connectivity index (χ4v) is 2.13. The summed E-state index contributed by atoms with van der Waals surface area (Å²) in [4.78, 5) is 23.1. The van der Waals surface area contributed by atoms with Crippen molar-refractivity contribution in [2.24, 2.45) is 5.10 Å². The summed E-state index contributed by atoms with van der Waals surface area (Å²) < 4.78 is 6.22. The third-order valence-electron chi connectivity index (χ3n) is 2.89. The Morgan fingerprint density at radius 2 is 1.87 bits per heavy atom. The van der Waals surface area contributed by atoms with Gasteiger partial charge in [0.05, 0.1) is 11.8 Å². The molecule has 0 aliphatic carbocycles. The van der Waals surface area contributed by atoms with Gasteiger partial charge in [-0.15, -0.1) is 0 Å². The molecule has 2 rings (SSSR count). The van der Waals surface area contributed by atoms with Crippen LogP contribution in [0.3, 0.4) is 0 Å². The molecule has 0 radical (unpaired) electrons. The molecular formula is C17H15BrN2O3. The molecule has 0 saturated carbocycles. The Morgan fingerprint density at radius 3 is 2.52 bits per heavy atom. The number of hydrogen-bond acceptors (Lipinski definition) is 4. The molecule has 0 saturated heterocycles. The number of amides is 1. The number of esters is 1. The molecular weight excluding hydrogens is 360 g/mol. The van der Waals surface area contributed by atoms with Crippen molar-refractivity contribution in [2.75, 3.05) is 0 Å². The van der Waals surface area contributed by atoms with Gasteiger partial charge >= 0.3 is 5.97 Å². The molecule has 23 heavy (non-hydrogen) atoms. The Balaban J connectivity index is 2.21. The summed E-state index contributed by atoms with van der Waals surface area (Å²) in [6.07, 6.45) is 1.42. The molecule has 1 N–H and O–H groups in total. The number of aryl methyl sites for hydroxylation is 1. The predicted molar refractivity (Wildman–Crippen MR) is 91.7 cm³/mol. The molecule has 0 aromatic heterocycles. The summed E-state index contributed by atoms with van der Waals surface area (Å²) >= 11 is 3.35. The van der Waals surface area contributed by atoms with Crippen LogP contribution in [0.1, 0.15) is 28.4 Å². The van der Waals surface area contributed by atoms with Crippen molar-refractivity contribution in [2.45, 2.75) is 13.8 Å². The monoisotopic (exact) mass is 374 g/mol. The first-order chi connectivity index (χ1) is 11.0. The molecule has 0 spiro atoms. The molecule has 0 aliphatic heterocycles. The summed E-state index contributed by atoms with van der Waals surface area (Å²) in [6.45, 7) is 3.30. The minimum absolute atomic E-state index is 0.283. The number of hydrazone groups is 1. The van der Waals surface area contributed by atoms with Gasteiger partial charge in [0, 0.05) is 17.0 Å². The van der Waals surface area contributed by atoms with E-state index in [9.17, 15) is 9.59 Å². The van der Waals surface area contributed by atoms with E-state index in [2.05, 4.69) is 26.5 Å². The van der Waals surface area contributed by atoms with E-state index in [0.29, 0.717) is 16.9 Å². The highest BCUT2D eigenvalue weighted by Gasteiger charge is 2.11. The van der Waals surface area contributed by atoms with Crippen molar-refractivity contribution in [1.29, 1.82) is 0 Å². The molecule has 0 unspecified atom stereocenters. The zero-order valence-corrected chi connectivity index (χ0v) is 14.3. The van der Waals surface area contributed by atoms with Gasteiger partial charge in [-0.2, -0.15) is 5.10 Å². The van der Waals surface area contributed by atoms with Gasteiger partial charge in [0.15, 0.2) is 0 Å². The Bertz CT molecular complexity index is 755. The molecule has 2 aromatic rings. The smallest absolute Gasteiger partial charge is 0.343 e. The number of carbonyl (C=O) groups is 2. The lowest BCUT2D eigenvalue weighted by atomic mass is 10.1. The summed E-state index contributed by atoms with van der Waals surface area (Å²) in [7, 11) is 0. The van der Waals surface area contributed by atoms with Crippen molar-refractivity contribution in [3.63, 3.8) is 0 Å². The fraction of sp³-hybridized carbons (Fsp3) is 0.118. The van der Waals surface area contributed by atoms with Crippen LogP contribution in [0.5, 0.6) is 5.75 Å². The maximum absolute atomic E-state index is 12.2. The highest BCUT2D eigenvalue weighted by molar-refractivity contribution is 9.10. The molecule has 5 nitrogen and oxygen atoms in total. The van der Waals surface area contributed by atoms with Gasteiger partial charge in [-0.25, -0.2) is 10.2 Å². The molecule has 0 bridgehead atoms. The SMILES string of the molecule is CC(=O)N/N=C\c1cc(Br)ccc1OC(=O)c1ccc(C)cc1. The van der Waals surface area contributed by atoms with E-state index in [0.717, 1.165) is 10.0 Å². The van der Waals surface area contributed by atoms with Gasteiger partial charge in [-0.1, -0.05) is 33.6 Å². The van der Waals surface area contributed by atoms with Crippen LogP contribution in [-0.2, 0) is 4.79 Å². The second-order valence-corrected chi connectivity index (χ2v) is 5.78. The molecule has 0 heterocycles. The van der Waals surface area contributed by atoms with Crippen molar-refractivity contribution >= 4 is 34.0 Å². The van der Waals surface area contributed by atoms with E-state index in [1.165, 1.54) is 13.1 Å². The Labute approximate surface area is 142 Å². The van der Waals surface area contributed by atoms with Gasteiger partial charge in [0.1, 0.15) is 5.75 Å². The maximum atomic E-state index is 12.2. The number of hydrogen-bond donors (Lipinski definition) is 1. The normalized spacial score (nSPS) is 10.6. The van der Waals surface area contributed by atoms with Crippen molar-refractivity contribution in [3.8, 4) is 5.75 Å². The third-order valence-corrected chi connectivity index (χ3v) is 3.38. The lowest BCUT2D eigenvalue weighted by Gasteiger charge is -2.08. The van der Waals surface area contributed by atoms with E-state index in [4.69, 9.17) is 4.74 Å². The molecule has 2 aromatic carbocycles. The van der Waals surface area contributed by atoms with Crippen LogP contribution in [0.2, 0.25) is 0 Å². The lowest BCUT2D eigenvalue weighted by molar-refractivity contribution is -0.118. The topological polar surface area (TPSA) is 67.8 Å². The van der Waals surface area contributed by atoms with Crippen LogP contribution in [0.4, 0.5) is 0 Å². The number of rotatable bonds is 4. The highest BCUT2D eigenvalue weighted by Crippen LogP contribution is 2.23. The van der Waals surface area contributed by atoms with Gasteiger partial charge < -0.3 is 4.74 Å². The first-order valence-electron chi connectivity index (χ1n) is 6.84. The van der Waals surface area contributed by atoms with E-state index in [1.807, 2.05) is 19.1 Å². The number of carbonyl (C=O) groups excluding carboxylic acids is 2. The minimum Gasteiger partial charge on any atom is -0.422 e. The molecule has 0 atom stereocenters. The van der Waals surface area contributed by atoms with Gasteiger partial charge in [-0.3, -0.25) is 4.79 Å². The van der Waals surface area contributed by atoms with Crippen LogP contribution in [0.25, 0.3) is 0 Å². The van der Waals surface area contributed by atoms with E-state index in [1.54, 1.807) is 30.3 Å². The van der Waals surface area contributed by atoms with Gasteiger partial charge in [-0.05, 0) is 37.3 Å². The molecule has 6 heteroatoms. The van der Waals surface area contributed by atoms with Crippen LogP contribution in [0, 0.1) is 6.92 Å². The molecule has 0 aliphatic rings. The van der Waals surface area contributed by atoms with Crippen LogP contribution in [0.15, 0.2) is 52.0 Å². The van der Waals surface area contributed by atoms with E-state index in [-0.39, 0.29) is 5.91 Å². The second-order valence-electron chi connectivity index (χ2n) is 4.86. The summed E-state index contributed by atoms with van der Waals surface area (Å²) in [5.41, 5.74) is 4.39. The van der Waals surface area contributed by atoms with Crippen molar-refractivity contribution < 1.29 is 14.3 Å². The van der Waals surface area contributed by atoms with Crippen LogP contribution < -0.4 is 10.2 Å². The molecule has 1 amide bonds. The maximum Gasteiger partial charge on any atom is 0.343 e. The van der Waals surface area contributed by atoms with Crippen molar-refractivity contribution in [3.05, 3.63) is 63.6 Å². The zero-order valence-electron chi connectivity index (χ0n) is 12.7. The Morgan fingerprint density at radius 1 is 1.17 bits per heavy atom. The number of benzene rings is 2. The van der Waals surface area contributed by atoms with Gasteiger partial charge in [0.2, 0.25) is 5.91 Å². The highest BCUT2D eigenvalue weighted by atomic mass is 79.9. The van der Waals surface area contributed by atoms with Gasteiger partial charge in [0.25, 0.3) is 0 Å². The van der Waals surface area contributed by atoms with Crippen molar-refractivity contribution in [1.82, 2.24) is 5.43 Å². The van der Waals surface area contributed by atoms with Crippen LogP contribution >= 0.6 is 15.9 Å². The molecule has 118 valence electrons. The number of ether oxygens (including phenoxy) is 1. The molecule has 0 fully saturated rings. The second kappa shape index (κ2) is 7.69. The average molecular weight is 375 g/mol. The third kappa shape index (κ3) is 5.03. The largest absolute Gasteiger partial charge is 0.422 e. The van der Waals surface area contributed by atoms with E-state index < -0.39 is 5.97 Å². The first-order valence-corrected chi connectivity index (χ1v) is 7.63. The van der Waals surface area contributed by atoms with Crippen LogP contribution in [-0.4, -0.2) is 18.1 Å². The minimum atomic E-state index is -0.457. The number of nitrogens with one attached hydrogen (secondary N) is 1. The quantitative estimate of drug-likeness (QED) is 0.385.